The van der Waals surface area contributed by atoms with E-state index in [9.17, 15) is 4.79 Å². The normalized spacial score (nSPS) is 10.4. The Balaban J connectivity index is 2.67. The standard InChI is InChI=1S/C13H18Cl2N2O/c1-3-17(13(18)6-7-16-2)9-10-4-5-11(14)12(15)8-10/h4-5,8,16H,3,6-7,9H2,1-2H3. The van der Waals surface area contributed by atoms with Gasteiger partial charge in [-0.25, -0.2) is 0 Å². The Hall–Kier alpha value is -0.770. The molecule has 5 heteroatoms. The second-order valence-corrected chi connectivity index (χ2v) is 4.82. The van der Waals surface area contributed by atoms with Gasteiger partial charge in [-0.15, -0.1) is 0 Å². The number of carbonyl (C=O) groups is 1. The minimum Gasteiger partial charge on any atom is -0.339 e. The van der Waals surface area contributed by atoms with Gasteiger partial charge in [-0.1, -0.05) is 29.3 Å². The number of rotatable bonds is 6. The highest BCUT2D eigenvalue weighted by Crippen LogP contribution is 2.23. The van der Waals surface area contributed by atoms with Crippen molar-refractivity contribution in [3.63, 3.8) is 0 Å². The number of nitrogens with one attached hydrogen (secondary N) is 1. The summed E-state index contributed by atoms with van der Waals surface area (Å²) >= 11 is 11.8. The SMILES string of the molecule is CCN(Cc1ccc(Cl)c(Cl)c1)C(=O)CCNC. The monoisotopic (exact) mass is 288 g/mol. The predicted octanol–water partition coefficient (Wildman–Crippen LogP) is 2.95. The molecule has 1 rings (SSSR count). The van der Waals surface area contributed by atoms with Crippen LogP contribution in [-0.4, -0.2) is 30.9 Å². The van der Waals surface area contributed by atoms with Crippen LogP contribution in [0.2, 0.25) is 10.0 Å². The second kappa shape index (κ2) is 7.62. The fourth-order valence-electron chi connectivity index (χ4n) is 1.62. The van der Waals surface area contributed by atoms with Crippen LogP contribution < -0.4 is 5.32 Å². The molecule has 0 aliphatic rings. The van der Waals surface area contributed by atoms with Crippen molar-refractivity contribution in [1.82, 2.24) is 10.2 Å². The highest BCUT2D eigenvalue weighted by atomic mass is 35.5. The summed E-state index contributed by atoms with van der Waals surface area (Å²) in [5.74, 6) is 0.137. The quantitative estimate of drug-likeness (QED) is 0.873. The van der Waals surface area contributed by atoms with Gasteiger partial charge in [0.25, 0.3) is 0 Å². The van der Waals surface area contributed by atoms with Crippen molar-refractivity contribution in [2.45, 2.75) is 19.9 Å². The van der Waals surface area contributed by atoms with Gasteiger partial charge in [-0.05, 0) is 31.7 Å². The molecule has 1 N–H and O–H groups in total. The molecule has 0 aliphatic heterocycles. The first-order chi connectivity index (χ1) is 8.58. The van der Waals surface area contributed by atoms with E-state index in [2.05, 4.69) is 5.32 Å². The molecule has 0 unspecified atom stereocenters. The molecule has 1 aromatic carbocycles. The maximum Gasteiger partial charge on any atom is 0.224 e. The van der Waals surface area contributed by atoms with Gasteiger partial charge < -0.3 is 10.2 Å². The van der Waals surface area contributed by atoms with Gasteiger partial charge in [-0.2, -0.15) is 0 Å². The Kier molecular flexibility index (Phi) is 6.47. The van der Waals surface area contributed by atoms with Crippen LogP contribution in [-0.2, 0) is 11.3 Å². The van der Waals surface area contributed by atoms with E-state index in [4.69, 9.17) is 23.2 Å². The van der Waals surface area contributed by atoms with Crippen molar-refractivity contribution in [3.8, 4) is 0 Å². The van der Waals surface area contributed by atoms with Crippen molar-refractivity contribution >= 4 is 29.1 Å². The van der Waals surface area contributed by atoms with Crippen LogP contribution in [0.1, 0.15) is 18.9 Å². The molecule has 0 aromatic heterocycles. The van der Waals surface area contributed by atoms with Gasteiger partial charge in [0, 0.05) is 26.1 Å². The Bertz CT molecular complexity index is 410. The summed E-state index contributed by atoms with van der Waals surface area (Å²) in [6.07, 6.45) is 0.506. The van der Waals surface area contributed by atoms with Crippen LogP contribution in [0.4, 0.5) is 0 Å². The average molecular weight is 289 g/mol. The lowest BCUT2D eigenvalue weighted by Crippen LogP contribution is -2.32. The van der Waals surface area contributed by atoms with E-state index in [1.165, 1.54) is 0 Å². The van der Waals surface area contributed by atoms with Crippen LogP contribution in [0.3, 0.4) is 0 Å². The maximum atomic E-state index is 11.9. The number of hydrogen-bond donors (Lipinski definition) is 1. The molecule has 100 valence electrons. The Morgan fingerprint density at radius 2 is 2.06 bits per heavy atom. The molecule has 0 saturated carbocycles. The van der Waals surface area contributed by atoms with E-state index in [1.54, 1.807) is 17.0 Å². The first-order valence-electron chi connectivity index (χ1n) is 5.94. The highest BCUT2D eigenvalue weighted by molar-refractivity contribution is 6.42. The maximum absolute atomic E-state index is 11.9. The molecule has 1 aromatic rings. The topological polar surface area (TPSA) is 32.3 Å². The Labute approximate surface area is 118 Å². The number of carbonyl (C=O) groups excluding carboxylic acids is 1. The average Bonchev–Trinajstić information content (AvgIpc) is 2.37. The van der Waals surface area contributed by atoms with E-state index in [0.717, 1.165) is 5.56 Å². The van der Waals surface area contributed by atoms with E-state index in [0.29, 0.717) is 36.1 Å². The van der Waals surface area contributed by atoms with Crippen molar-refractivity contribution < 1.29 is 4.79 Å². The fraction of sp³-hybridized carbons (Fsp3) is 0.462. The minimum atomic E-state index is 0.137. The third-order valence-electron chi connectivity index (χ3n) is 2.68. The third-order valence-corrected chi connectivity index (χ3v) is 3.42. The predicted molar refractivity (Wildman–Crippen MR) is 76.1 cm³/mol. The van der Waals surface area contributed by atoms with E-state index >= 15 is 0 Å². The fourth-order valence-corrected chi connectivity index (χ4v) is 1.95. The first kappa shape index (κ1) is 15.3. The summed E-state index contributed by atoms with van der Waals surface area (Å²) in [4.78, 5) is 13.7. The van der Waals surface area contributed by atoms with Gasteiger partial charge in [-0.3, -0.25) is 4.79 Å². The summed E-state index contributed by atoms with van der Waals surface area (Å²) < 4.78 is 0. The van der Waals surface area contributed by atoms with Crippen LogP contribution in [0, 0.1) is 0 Å². The van der Waals surface area contributed by atoms with Crippen molar-refractivity contribution in [2.75, 3.05) is 20.1 Å². The first-order valence-corrected chi connectivity index (χ1v) is 6.70. The lowest BCUT2D eigenvalue weighted by molar-refractivity contribution is -0.131. The molecule has 3 nitrogen and oxygen atoms in total. The lowest BCUT2D eigenvalue weighted by Gasteiger charge is -2.21. The molecule has 0 atom stereocenters. The molecule has 0 spiro atoms. The Morgan fingerprint density at radius 1 is 1.33 bits per heavy atom. The van der Waals surface area contributed by atoms with Crippen LogP contribution in [0.25, 0.3) is 0 Å². The van der Waals surface area contributed by atoms with E-state index in [1.807, 2.05) is 20.0 Å². The molecule has 0 aliphatic carbocycles. The molecule has 0 saturated heterocycles. The summed E-state index contributed by atoms with van der Waals surface area (Å²) in [7, 11) is 1.84. The molecule has 18 heavy (non-hydrogen) atoms. The van der Waals surface area contributed by atoms with Crippen LogP contribution in [0.5, 0.6) is 0 Å². The lowest BCUT2D eigenvalue weighted by atomic mass is 10.2. The minimum absolute atomic E-state index is 0.137. The second-order valence-electron chi connectivity index (χ2n) is 4.01. The molecule has 0 bridgehead atoms. The number of amides is 1. The van der Waals surface area contributed by atoms with Gasteiger partial charge >= 0.3 is 0 Å². The van der Waals surface area contributed by atoms with Crippen LogP contribution >= 0.6 is 23.2 Å². The third kappa shape index (κ3) is 4.48. The van der Waals surface area contributed by atoms with Gasteiger partial charge in [0.15, 0.2) is 0 Å². The summed E-state index contributed by atoms with van der Waals surface area (Å²) in [5, 5.41) is 4.03. The van der Waals surface area contributed by atoms with Gasteiger partial charge in [0.2, 0.25) is 5.91 Å². The highest BCUT2D eigenvalue weighted by Gasteiger charge is 2.12. The van der Waals surface area contributed by atoms with Crippen molar-refractivity contribution in [2.24, 2.45) is 0 Å². The number of halogens is 2. The van der Waals surface area contributed by atoms with Crippen molar-refractivity contribution in [3.05, 3.63) is 33.8 Å². The smallest absolute Gasteiger partial charge is 0.224 e. The molecular formula is C13H18Cl2N2O. The van der Waals surface area contributed by atoms with Crippen LogP contribution in [0.15, 0.2) is 18.2 Å². The van der Waals surface area contributed by atoms with Gasteiger partial charge in [0.05, 0.1) is 10.0 Å². The molecule has 1 amide bonds. The largest absolute Gasteiger partial charge is 0.339 e. The summed E-state index contributed by atoms with van der Waals surface area (Å²) in [6.45, 7) is 3.91. The number of benzene rings is 1. The van der Waals surface area contributed by atoms with Gasteiger partial charge in [0.1, 0.15) is 0 Å². The van der Waals surface area contributed by atoms with Crippen molar-refractivity contribution in [1.29, 1.82) is 0 Å². The molecular weight excluding hydrogens is 271 g/mol. The summed E-state index contributed by atoms with van der Waals surface area (Å²) in [6, 6.07) is 5.45. The summed E-state index contributed by atoms with van der Waals surface area (Å²) in [5.41, 5.74) is 0.990. The molecule has 0 fully saturated rings. The van der Waals surface area contributed by atoms with E-state index < -0.39 is 0 Å². The zero-order chi connectivity index (χ0) is 13.5. The molecule has 0 heterocycles. The number of nitrogens with zero attached hydrogens (tertiary/aromatic N) is 1. The zero-order valence-corrected chi connectivity index (χ0v) is 12.2. The number of hydrogen-bond acceptors (Lipinski definition) is 2. The van der Waals surface area contributed by atoms with E-state index in [-0.39, 0.29) is 5.91 Å². The Morgan fingerprint density at radius 3 is 2.61 bits per heavy atom. The zero-order valence-electron chi connectivity index (χ0n) is 10.7. The molecule has 0 radical (unpaired) electrons.